The van der Waals surface area contributed by atoms with Crippen molar-refractivity contribution in [2.45, 2.75) is 24.9 Å². The van der Waals surface area contributed by atoms with Gasteiger partial charge in [0, 0.05) is 12.6 Å². The van der Waals surface area contributed by atoms with Crippen LogP contribution in [0.4, 0.5) is 0 Å². The Morgan fingerprint density at radius 2 is 2.25 bits per heavy atom. The summed E-state index contributed by atoms with van der Waals surface area (Å²) in [5, 5.41) is 9.57. The molecule has 0 aromatic heterocycles. The molecule has 2 heterocycles. The van der Waals surface area contributed by atoms with Crippen molar-refractivity contribution in [2.75, 3.05) is 19.6 Å². The van der Waals surface area contributed by atoms with E-state index in [1.807, 2.05) is 0 Å². The van der Waals surface area contributed by atoms with Crippen molar-refractivity contribution in [3.8, 4) is 0 Å². The Balaban J connectivity index is 1.99. The van der Waals surface area contributed by atoms with Gasteiger partial charge in [-0.15, -0.1) is 0 Å². The van der Waals surface area contributed by atoms with E-state index >= 15 is 0 Å². The maximum absolute atomic E-state index is 11.0. The molecule has 12 heavy (non-hydrogen) atoms. The average molecular weight is 169 g/mol. The van der Waals surface area contributed by atoms with Gasteiger partial charge in [-0.1, -0.05) is 0 Å². The Hall–Kier alpha value is -0.610. The van der Waals surface area contributed by atoms with Crippen LogP contribution in [0.2, 0.25) is 0 Å². The highest BCUT2D eigenvalue weighted by molar-refractivity contribution is 5.79. The van der Waals surface area contributed by atoms with E-state index in [4.69, 9.17) is 0 Å². The summed E-state index contributed by atoms with van der Waals surface area (Å²) in [6.45, 7) is 2.47. The van der Waals surface area contributed by atoms with Crippen molar-refractivity contribution < 1.29 is 4.79 Å². The molecule has 2 rings (SSSR count). The largest absolute Gasteiger partial charge is 0.349 e. The molecule has 0 saturated carbocycles. The molecule has 2 saturated heterocycles. The lowest BCUT2D eigenvalue weighted by molar-refractivity contribution is -0.122. The Morgan fingerprint density at radius 3 is 3.17 bits per heavy atom. The third-order valence-corrected chi connectivity index (χ3v) is 2.59. The fourth-order valence-electron chi connectivity index (χ4n) is 1.93. The number of fused-ring (bicyclic) bond motifs is 1. The topological polar surface area (TPSA) is 53.2 Å². The highest BCUT2D eigenvalue weighted by atomic mass is 16.2. The van der Waals surface area contributed by atoms with Gasteiger partial charge in [-0.3, -0.25) is 4.79 Å². The first kappa shape index (κ1) is 8.01. The zero-order valence-electron chi connectivity index (χ0n) is 7.10. The summed E-state index contributed by atoms with van der Waals surface area (Å²) in [7, 11) is 0. The van der Waals surface area contributed by atoms with Crippen LogP contribution >= 0.6 is 0 Å². The molecule has 2 atom stereocenters. The van der Waals surface area contributed by atoms with Crippen molar-refractivity contribution in [3.63, 3.8) is 0 Å². The molecule has 2 unspecified atom stereocenters. The van der Waals surface area contributed by atoms with Crippen molar-refractivity contribution in [2.24, 2.45) is 0 Å². The van der Waals surface area contributed by atoms with E-state index in [1.54, 1.807) is 0 Å². The fraction of sp³-hybridized carbons (Fsp3) is 0.875. The van der Waals surface area contributed by atoms with E-state index in [0.29, 0.717) is 18.6 Å². The Bertz CT molecular complexity index is 183. The van der Waals surface area contributed by atoms with Crippen molar-refractivity contribution >= 4 is 5.91 Å². The highest BCUT2D eigenvalue weighted by Crippen LogP contribution is 2.08. The minimum absolute atomic E-state index is 0.125. The van der Waals surface area contributed by atoms with Crippen LogP contribution < -0.4 is 16.0 Å². The fourth-order valence-corrected chi connectivity index (χ4v) is 1.93. The van der Waals surface area contributed by atoms with Gasteiger partial charge in [-0.2, -0.15) is 0 Å². The first-order chi connectivity index (χ1) is 5.86. The van der Waals surface area contributed by atoms with Gasteiger partial charge in [0.25, 0.3) is 0 Å². The molecule has 0 aromatic rings. The van der Waals surface area contributed by atoms with Crippen molar-refractivity contribution in [3.05, 3.63) is 0 Å². The molecule has 68 valence electrons. The molecule has 0 radical (unpaired) electrons. The first-order valence-electron chi connectivity index (χ1n) is 4.60. The van der Waals surface area contributed by atoms with Crippen LogP contribution in [0.1, 0.15) is 12.8 Å². The van der Waals surface area contributed by atoms with Gasteiger partial charge in [0.15, 0.2) is 0 Å². The normalized spacial score (nSPS) is 36.5. The van der Waals surface area contributed by atoms with Gasteiger partial charge in [0.05, 0.1) is 12.6 Å². The SMILES string of the molecule is O=C1CNC2CCCNCC2N1. The smallest absolute Gasteiger partial charge is 0.234 e. The van der Waals surface area contributed by atoms with E-state index in [-0.39, 0.29) is 5.91 Å². The Kier molecular flexibility index (Phi) is 2.28. The van der Waals surface area contributed by atoms with Gasteiger partial charge < -0.3 is 16.0 Å². The zero-order valence-corrected chi connectivity index (χ0v) is 7.10. The number of hydrogen-bond acceptors (Lipinski definition) is 3. The molecule has 0 aromatic carbocycles. The molecular formula is C8H15N3O. The third kappa shape index (κ3) is 1.59. The van der Waals surface area contributed by atoms with Crippen LogP contribution in [0.15, 0.2) is 0 Å². The Morgan fingerprint density at radius 1 is 1.33 bits per heavy atom. The average Bonchev–Trinajstić information content (AvgIpc) is 2.28. The number of piperazine rings is 1. The molecule has 1 amide bonds. The van der Waals surface area contributed by atoms with Gasteiger partial charge in [-0.25, -0.2) is 0 Å². The molecule has 2 fully saturated rings. The second kappa shape index (κ2) is 3.41. The summed E-state index contributed by atoms with van der Waals surface area (Å²) in [6, 6.07) is 0.784. The van der Waals surface area contributed by atoms with Crippen LogP contribution in [-0.4, -0.2) is 37.6 Å². The summed E-state index contributed by atoms with van der Waals surface area (Å²) in [6.07, 6.45) is 2.36. The quantitative estimate of drug-likeness (QED) is 0.428. The predicted molar refractivity (Wildman–Crippen MR) is 45.8 cm³/mol. The van der Waals surface area contributed by atoms with Gasteiger partial charge >= 0.3 is 0 Å². The molecule has 0 aliphatic carbocycles. The minimum atomic E-state index is 0.125. The second-order valence-electron chi connectivity index (χ2n) is 3.51. The molecule has 3 N–H and O–H groups in total. The molecular weight excluding hydrogens is 154 g/mol. The predicted octanol–water partition coefficient (Wildman–Crippen LogP) is -1.17. The summed E-state index contributed by atoms with van der Waals surface area (Å²) in [5.74, 6) is 0.125. The zero-order chi connectivity index (χ0) is 8.39. The van der Waals surface area contributed by atoms with E-state index in [2.05, 4.69) is 16.0 Å². The molecule has 0 bridgehead atoms. The van der Waals surface area contributed by atoms with Gasteiger partial charge in [0.1, 0.15) is 0 Å². The van der Waals surface area contributed by atoms with Crippen LogP contribution in [0.3, 0.4) is 0 Å². The number of nitrogens with one attached hydrogen (secondary N) is 3. The van der Waals surface area contributed by atoms with Crippen LogP contribution in [0, 0.1) is 0 Å². The summed E-state index contributed by atoms with van der Waals surface area (Å²) < 4.78 is 0. The lowest BCUT2D eigenvalue weighted by atomic mass is 10.0. The number of carbonyl (C=O) groups is 1. The summed E-state index contributed by atoms with van der Waals surface area (Å²) >= 11 is 0. The summed E-state index contributed by atoms with van der Waals surface area (Å²) in [4.78, 5) is 11.0. The van der Waals surface area contributed by atoms with E-state index in [0.717, 1.165) is 19.5 Å². The molecule has 2 aliphatic rings. The third-order valence-electron chi connectivity index (χ3n) is 2.59. The molecule has 2 aliphatic heterocycles. The molecule has 0 spiro atoms. The van der Waals surface area contributed by atoms with E-state index < -0.39 is 0 Å². The standard InChI is InChI=1S/C8H15N3O/c12-8-5-10-6-2-1-3-9-4-7(6)11-8/h6-7,9-10H,1-5H2,(H,11,12). The van der Waals surface area contributed by atoms with E-state index in [1.165, 1.54) is 6.42 Å². The van der Waals surface area contributed by atoms with E-state index in [9.17, 15) is 4.79 Å². The van der Waals surface area contributed by atoms with Crippen molar-refractivity contribution in [1.29, 1.82) is 0 Å². The molecule has 4 nitrogen and oxygen atoms in total. The maximum atomic E-state index is 11.0. The minimum Gasteiger partial charge on any atom is -0.349 e. The van der Waals surface area contributed by atoms with Crippen LogP contribution in [-0.2, 0) is 4.79 Å². The van der Waals surface area contributed by atoms with Gasteiger partial charge in [0.2, 0.25) is 5.91 Å². The first-order valence-corrected chi connectivity index (χ1v) is 4.60. The number of amides is 1. The summed E-state index contributed by atoms with van der Waals surface area (Å²) in [5.41, 5.74) is 0. The lowest BCUT2D eigenvalue weighted by Gasteiger charge is -2.31. The number of carbonyl (C=O) groups excluding carboxylic acids is 1. The lowest BCUT2D eigenvalue weighted by Crippen LogP contribution is -2.60. The highest BCUT2D eigenvalue weighted by Gasteiger charge is 2.28. The number of hydrogen-bond donors (Lipinski definition) is 3. The van der Waals surface area contributed by atoms with Crippen molar-refractivity contribution in [1.82, 2.24) is 16.0 Å². The van der Waals surface area contributed by atoms with Gasteiger partial charge in [-0.05, 0) is 19.4 Å². The maximum Gasteiger partial charge on any atom is 0.234 e. The monoisotopic (exact) mass is 169 g/mol. The molecule has 4 heteroatoms. The van der Waals surface area contributed by atoms with Crippen LogP contribution in [0.5, 0.6) is 0 Å². The Labute approximate surface area is 72.1 Å². The van der Waals surface area contributed by atoms with Crippen LogP contribution in [0.25, 0.3) is 0 Å². The second-order valence-corrected chi connectivity index (χ2v) is 3.51. The number of rotatable bonds is 0.